The van der Waals surface area contributed by atoms with Crippen molar-refractivity contribution in [1.29, 1.82) is 0 Å². The number of pyridine rings is 1. The number of aldehydes is 1. The molecule has 0 spiro atoms. The van der Waals surface area contributed by atoms with Crippen molar-refractivity contribution in [2.24, 2.45) is 0 Å². The molecule has 0 fully saturated rings. The smallest absolute Gasteiger partial charge is 0.150 e. The molecule has 0 aliphatic rings. The van der Waals surface area contributed by atoms with Gasteiger partial charge in [0.2, 0.25) is 0 Å². The average Bonchev–Trinajstić information content (AvgIpc) is 3.05. The number of aromatic amines is 1. The van der Waals surface area contributed by atoms with Gasteiger partial charge in [0, 0.05) is 33.8 Å². The molecule has 0 atom stereocenters. The van der Waals surface area contributed by atoms with Crippen LogP contribution in [0.4, 0.5) is 0 Å². The molecule has 22 heavy (non-hydrogen) atoms. The van der Waals surface area contributed by atoms with Gasteiger partial charge >= 0.3 is 0 Å². The highest BCUT2D eigenvalue weighted by molar-refractivity contribution is 6.06. The fraction of sp³-hybridized carbons (Fsp3) is 0.118. The molecule has 1 N–H and O–H groups in total. The summed E-state index contributed by atoms with van der Waals surface area (Å²) < 4.78 is 5.22. The molecule has 0 unspecified atom stereocenters. The fourth-order valence-corrected chi connectivity index (χ4v) is 2.90. The Balaban J connectivity index is 1.98. The van der Waals surface area contributed by atoms with Crippen molar-refractivity contribution in [2.45, 2.75) is 13.8 Å². The van der Waals surface area contributed by atoms with E-state index < -0.39 is 0 Å². The number of benzene rings is 1. The molecule has 0 aliphatic carbocycles. The third kappa shape index (κ3) is 1.75. The number of carbonyl (C=O) groups excluding carboxylic acids is 1. The predicted octanol–water partition coefficient (Wildman–Crippen LogP) is 3.80. The van der Waals surface area contributed by atoms with Crippen LogP contribution in [0.3, 0.4) is 0 Å². The van der Waals surface area contributed by atoms with Crippen molar-refractivity contribution >= 4 is 28.2 Å². The Kier molecular flexibility index (Phi) is 2.63. The molecule has 0 aliphatic heterocycles. The van der Waals surface area contributed by atoms with Crippen molar-refractivity contribution in [2.75, 3.05) is 0 Å². The molecule has 0 radical (unpaired) electrons. The lowest BCUT2D eigenvalue weighted by molar-refractivity contribution is 0.112. The number of nitrogens with one attached hydrogen (secondary N) is 1. The second kappa shape index (κ2) is 4.53. The summed E-state index contributed by atoms with van der Waals surface area (Å²) in [5, 5.41) is 4.99. The topological polar surface area (TPSA) is 71.8 Å². The van der Waals surface area contributed by atoms with E-state index in [0.29, 0.717) is 5.56 Å². The lowest BCUT2D eigenvalue weighted by atomic mass is 10.1. The molecule has 5 heteroatoms. The normalized spacial score (nSPS) is 11.4. The van der Waals surface area contributed by atoms with Gasteiger partial charge in [0.05, 0.1) is 16.7 Å². The molecule has 0 saturated heterocycles. The molecule has 108 valence electrons. The van der Waals surface area contributed by atoms with Crippen LogP contribution in [0.15, 0.2) is 35.0 Å². The molecule has 4 aromatic rings. The van der Waals surface area contributed by atoms with Gasteiger partial charge in [0.1, 0.15) is 12.0 Å². The van der Waals surface area contributed by atoms with E-state index in [9.17, 15) is 4.79 Å². The van der Waals surface area contributed by atoms with Crippen LogP contribution in [0.5, 0.6) is 0 Å². The first kappa shape index (κ1) is 12.8. The van der Waals surface area contributed by atoms with Gasteiger partial charge < -0.3 is 9.51 Å². The van der Waals surface area contributed by atoms with Crippen molar-refractivity contribution < 1.29 is 9.32 Å². The average molecular weight is 291 g/mol. The Hall–Kier alpha value is -2.95. The molecular formula is C17H13N3O2. The number of hydrogen-bond donors (Lipinski definition) is 1. The molecule has 3 heterocycles. The van der Waals surface area contributed by atoms with E-state index in [2.05, 4.69) is 15.1 Å². The van der Waals surface area contributed by atoms with Gasteiger partial charge in [-0.3, -0.25) is 9.78 Å². The Morgan fingerprint density at radius 3 is 2.77 bits per heavy atom. The van der Waals surface area contributed by atoms with Gasteiger partial charge in [0.15, 0.2) is 0 Å². The minimum atomic E-state index is 0.644. The summed E-state index contributed by atoms with van der Waals surface area (Å²) in [7, 11) is 0. The maximum absolute atomic E-state index is 10.9. The zero-order valence-corrected chi connectivity index (χ0v) is 12.2. The SMILES string of the molecule is Cc1noc(C)c1-c1cnc2c(c1)[nH]c1cc(C=O)ccc12. The summed E-state index contributed by atoms with van der Waals surface area (Å²) in [5.74, 6) is 0.776. The Morgan fingerprint density at radius 2 is 2.05 bits per heavy atom. The van der Waals surface area contributed by atoms with E-state index in [1.165, 1.54) is 0 Å². The largest absolute Gasteiger partial charge is 0.361 e. The first-order chi connectivity index (χ1) is 10.7. The van der Waals surface area contributed by atoms with E-state index >= 15 is 0 Å². The summed E-state index contributed by atoms with van der Waals surface area (Å²) >= 11 is 0. The van der Waals surface area contributed by atoms with Gasteiger partial charge in [-0.1, -0.05) is 11.2 Å². The van der Waals surface area contributed by atoms with Gasteiger partial charge in [-0.05, 0) is 32.0 Å². The number of carbonyl (C=O) groups is 1. The predicted molar refractivity (Wildman–Crippen MR) is 84.0 cm³/mol. The molecule has 0 bridgehead atoms. The maximum atomic E-state index is 10.9. The molecule has 1 aromatic carbocycles. The van der Waals surface area contributed by atoms with E-state index in [0.717, 1.165) is 50.8 Å². The Morgan fingerprint density at radius 1 is 1.18 bits per heavy atom. The zero-order valence-electron chi connectivity index (χ0n) is 12.2. The van der Waals surface area contributed by atoms with Gasteiger partial charge in [0.25, 0.3) is 0 Å². The third-order valence-electron chi connectivity index (χ3n) is 3.91. The molecule has 0 amide bonds. The summed E-state index contributed by atoms with van der Waals surface area (Å²) in [6.45, 7) is 3.80. The summed E-state index contributed by atoms with van der Waals surface area (Å²) in [5.41, 5.74) is 6.15. The highest BCUT2D eigenvalue weighted by atomic mass is 16.5. The van der Waals surface area contributed by atoms with Crippen LogP contribution >= 0.6 is 0 Å². The minimum absolute atomic E-state index is 0.644. The van der Waals surface area contributed by atoms with Gasteiger partial charge in [-0.25, -0.2) is 0 Å². The number of nitrogens with zero attached hydrogens (tertiary/aromatic N) is 2. The van der Waals surface area contributed by atoms with Crippen LogP contribution in [0.1, 0.15) is 21.8 Å². The van der Waals surface area contributed by atoms with Crippen LogP contribution in [-0.4, -0.2) is 21.4 Å². The minimum Gasteiger partial charge on any atom is -0.361 e. The summed E-state index contributed by atoms with van der Waals surface area (Å²) in [6, 6.07) is 7.59. The standard InChI is InChI=1S/C17H13N3O2/c1-9-16(10(2)22-20-9)12-6-15-17(18-7-12)13-4-3-11(8-21)5-14(13)19-15/h3-8,19H,1-2H3. The number of fused-ring (bicyclic) bond motifs is 3. The molecule has 3 aromatic heterocycles. The Labute approximate surface area is 126 Å². The molecule has 0 saturated carbocycles. The highest BCUT2D eigenvalue weighted by Gasteiger charge is 2.14. The van der Waals surface area contributed by atoms with Crippen molar-refractivity contribution in [1.82, 2.24) is 15.1 Å². The lowest BCUT2D eigenvalue weighted by Gasteiger charge is -2.00. The van der Waals surface area contributed by atoms with E-state index in [4.69, 9.17) is 4.52 Å². The molecule has 5 nitrogen and oxygen atoms in total. The maximum Gasteiger partial charge on any atom is 0.150 e. The molecular weight excluding hydrogens is 278 g/mol. The summed E-state index contributed by atoms with van der Waals surface area (Å²) in [4.78, 5) is 18.8. The third-order valence-corrected chi connectivity index (χ3v) is 3.91. The number of aromatic nitrogens is 3. The van der Waals surface area contributed by atoms with Crippen molar-refractivity contribution in [3.05, 3.63) is 47.5 Å². The van der Waals surface area contributed by atoms with Crippen LogP contribution in [0.25, 0.3) is 33.1 Å². The first-order valence-electron chi connectivity index (χ1n) is 6.97. The highest BCUT2D eigenvalue weighted by Crippen LogP contribution is 2.31. The van der Waals surface area contributed by atoms with Gasteiger partial charge in [-0.2, -0.15) is 0 Å². The number of rotatable bonds is 2. The first-order valence-corrected chi connectivity index (χ1v) is 6.97. The van der Waals surface area contributed by atoms with Crippen LogP contribution in [0.2, 0.25) is 0 Å². The second-order valence-electron chi connectivity index (χ2n) is 5.37. The summed E-state index contributed by atoms with van der Waals surface area (Å²) in [6.07, 6.45) is 2.67. The number of hydrogen-bond acceptors (Lipinski definition) is 4. The fourth-order valence-electron chi connectivity index (χ4n) is 2.90. The number of H-pyrrole nitrogens is 1. The van der Waals surface area contributed by atoms with E-state index in [1.807, 2.05) is 38.2 Å². The monoisotopic (exact) mass is 291 g/mol. The lowest BCUT2D eigenvalue weighted by Crippen LogP contribution is -1.84. The van der Waals surface area contributed by atoms with Crippen LogP contribution in [-0.2, 0) is 0 Å². The van der Waals surface area contributed by atoms with Crippen molar-refractivity contribution in [3.8, 4) is 11.1 Å². The van der Waals surface area contributed by atoms with E-state index in [1.54, 1.807) is 6.07 Å². The Bertz CT molecular complexity index is 1010. The second-order valence-corrected chi connectivity index (χ2v) is 5.37. The van der Waals surface area contributed by atoms with Gasteiger partial charge in [-0.15, -0.1) is 0 Å². The molecule has 4 rings (SSSR count). The van der Waals surface area contributed by atoms with Crippen LogP contribution < -0.4 is 0 Å². The quantitative estimate of drug-likeness (QED) is 0.570. The zero-order chi connectivity index (χ0) is 15.3. The number of aryl methyl sites for hydroxylation is 2. The van der Waals surface area contributed by atoms with E-state index in [-0.39, 0.29) is 0 Å². The van der Waals surface area contributed by atoms with Crippen molar-refractivity contribution in [3.63, 3.8) is 0 Å². The van der Waals surface area contributed by atoms with Crippen LogP contribution in [0, 0.1) is 13.8 Å².